The van der Waals surface area contributed by atoms with Gasteiger partial charge in [-0.25, -0.2) is 0 Å². The molecule has 3 heteroatoms. The number of hydrogen-bond acceptors (Lipinski definition) is 3. The van der Waals surface area contributed by atoms with Gasteiger partial charge < -0.3 is 0 Å². The molecule has 1 aromatic carbocycles. The lowest BCUT2D eigenvalue weighted by Gasteiger charge is -1.82. The van der Waals surface area contributed by atoms with Crippen molar-refractivity contribution in [3.63, 3.8) is 0 Å². The summed E-state index contributed by atoms with van der Waals surface area (Å²) in [7, 11) is 0. The molecular formula is C11H9NS2. The number of fused-ring (bicyclic) bond motifs is 1. The van der Waals surface area contributed by atoms with Crippen LogP contribution in [0.2, 0.25) is 0 Å². The van der Waals surface area contributed by atoms with Crippen LogP contribution in [-0.2, 0) is 0 Å². The third-order valence-corrected chi connectivity index (χ3v) is 3.13. The van der Waals surface area contributed by atoms with Gasteiger partial charge >= 0.3 is 0 Å². The number of hydrogen-bond donors (Lipinski definition) is 0. The lowest BCUT2D eigenvalue weighted by molar-refractivity contribution is 1.43. The molecule has 1 nitrogen and oxygen atoms in total. The summed E-state index contributed by atoms with van der Waals surface area (Å²) in [6, 6.07) is 10.5. The highest BCUT2D eigenvalue weighted by atomic mass is 32.1. The Bertz CT molecular complexity index is 423. The van der Waals surface area contributed by atoms with Crippen LogP contribution in [0.4, 0.5) is 0 Å². The smallest absolute Gasteiger partial charge is 0.0791 e. The van der Waals surface area contributed by atoms with E-state index < -0.39 is 0 Å². The van der Waals surface area contributed by atoms with E-state index in [0.717, 1.165) is 0 Å². The summed E-state index contributed by atoms with van der Waals surface area (Å²) < 4.78 is 1.37. The van der Waals surface area contributed by atoms with E-state index in [1.54, 1.807) is 34.4 Å². The molecule has 0 aliphatic carbocycles. The Balaban J connectivity index is 0.000000128. The fraction of sp³-hybridized carbons (Fsp3) is 0. The first kappa shape index (κ1) is 9.37. The number of aromatic nitrogens is 1. The lowest BCUT2D eigenvalue weighted by atomic mass is 10.3. The van der Waals surface area contributed by atoms with Gasteiger partial charge in [-0.05, 0) is 22.9 Å². The standard InChI is InChI=1S/C8H6S.C3H3NS/c1-2-4-8-7(3-1)5-6-9-8;1-2-5-3-4-1/h1-6H;1-3H. The molecular weight excluding hydrogens is 210 g/mol. The molecule has 0 aliphatic rings. The van der Waals surface area contributed by atoms with Crippen molar-refractivity contribution in [3.05, 3.63) is 52.8 Å². The number of benzene rings is 1. The second-order valence-corrected chi connectivity index (χ2v) is 4.34. The monoisotopic (exact) mass is 219 g/mol. The van der Waals surface area contributed by atoms with Crippen LogP contribution < -0.4 is 0 Å². The molecule has 2 heterocycles. The second kappa shape index (κ2) is 4.88. The van der Waals surface area contributed by atoms with Gasteiger partial charge in [0.1, 0.15) is 0 Å². The van der Waals surface area contributed by atoms with Crippen LogP contribution >= 0.6 is 22.7 Å². The lowest BCUT2D eigenvalue weighted by Crippen LogP contribution is -1.56. The highest BCUT2D eigenvalue weighted by Gasteiger charge is 1.87. The number of thiazole rings is 1. The van der Waals surface area contributed by atoms with Gasteiger partial charge in [0.25, 0.3) is 0 Å². The summed E-state index contributed by atoms with van der Waals surface area (Å²) in [6.07, 6.45) is 1.77. The minimum atomic E-state index is 1.35. The van der Waals surface area contributed by atoms with Crippen LogP contribution in [0.5, 0.6) is 0 Å². The molecule has 2 aromatic heterocycles. The Labute approximate surface area is 90.7 Å². The van der Waals surface area contributed by atoms with Gasteiger partial charge in [0.05, 0.1) is 5.51 Å². The van der Waals surface area contributed by atoms with Crippen molar-refractivity contribution in [3.8, 4) is 0 Å². The Morgan fingerprint density at radius 3 is 2.57 bits per heavy atom. The van der Waals surface area contributed by atoms with Crippen LogP contribution in [0.1, 0.15) is 0 Å². The molecule has 0 unspecified atom stereocenters. The summed E-state index contributed by atoms with van der Waals surface area (Å²) in [6.45, 7) is 0. The van der Waals surface area contributed by atoms with Crippen LogP contribution in [0.25, 0.3) is 10.1 Å². The Morgan fingerprint density at radius 1 is 1.00 bits per heavy atom. The Morgan fingerprint density at radius 2 is 1.93 bits per heavy atom. The van der Waals surface area contributed by atoms with E-state index in [9.17, 15) is 0 Å². The normalized spacial score (nSPS) is 9.43. The number of nitrogens with zero attached hydrogens (tertiary/aromatic N) is 1. The van der Waals surface area contributed by atoms with Crippen molar-refractivity contribution in [2.24, 2.45) is 0 Å². The third kappa shape index (κ3) is 2.40. The van der Waals surface area contributed by atoms with Crippen LogP contribution in [0.3, 0.4) is 0 Å². The average molecular weight is 219 g/mol. The molecule has 0 bridgehead atoms. The maximum absolute atomic E-state index is 3.74. The minimum absolute atomic E-state index is 1.35. The van der Waals surface area contributed by atoms with Gasteiger partial charge in [-0.15, -0.1) is 22.7 Å². The van der Waals surface area contributed by atoms with Gasteiger partial charge in [0.2, 0.25) is 0 Å². The molecule has 3 aromatic rings. The van der Waals surface area contributed by atoms with E-state index in [0.29, 0.717) is 0 Å². The summed E-state index contributed by atoms with van der Waals surface area (Å²) in [5.41, 5.74) is 1.79. The zero-order valence-electron chi connectivity index (χ0n) is 7.46. The minimum Gasteiger partial charge on any atom is -0.253 e. The first-order valence-electron chi connectivity index (χ1n) is 4.21. The molecule has 0 saturated heterocycles. The second-order valence-electron chi connectivity index (χ2n) is 2.63. The first-order valence-corrected chi connectivity index (χ1v) is 6.03. The van der Waals surface area contributed by atoms with Gasteiger partial charge in [0, 0.05) is 16.3 Å². The zero-order valence-corrected chi connectivity index (χ0v) is 9.09. The van der Waals surface area contributed by atoms with E-state index in [1.807, 2.05) is 5.38 Å². The maximum Gasteiger partial charge on any atom is 0.0791 e. The molecule has 0 fully saturated rings. The van der Waals surface area contributed by atoms with Crippen LogP contribution in [0.15, 0.2) is 52.8 Å². The highest BCUT2D eigenvalue weighted by molar-refractivity contribution is 7.17. The summed E-state index contributed by atoms with van der Waals surface area (Å²) in [4.78, 5) is 3.74. The summed E-state index contributed by atoms with van der Waals surface area (Å²) in [5, 5.41) is 5.40. The molecule has 0 atom stereocenters. The van der Waals surface area contributed by atoms with Gasteiger partial charge in [-0.2, -0.15) is 0 Å². The fourth-order valence-electron chi connectivity index (χ4n) is 1.08. The predicted molar refractivity (Wildman–Crippen MR) is 63.9 cm³/mol. The predicted octanol–water partition coefficient (Wildman–Crippen LogP) is 4.04. The van der Waals surface area contributed by atoms with E-state index in [-0.39, 0.29) is 0 Å². The highest BCUT2D eigenvalue weighted by Crippen LogP contribution is 2.18. The SMILES string of the molecule is c1ccc2sccc2c1.c1cscn1. The summed E-state index contributed by atoms with van der Waals surface area (Å²) >= 11 is 3.39. The topological polar surface area (TPSA) is 12.9 Å². The maximum atomic E-state index is 3.74. The van der Waals surface area contributed by atoms with E-state index >= 15 is 0 Å². The third-order valence-electron chi connectivity index (χ3n) is 1.71. The van der Waals surface area contributed by atoms with Crippen LogP contribution in [-0.4, -0.2) is 4.98 Å². The zero-order chi connectivity index (χ0) is 9.64. The van der Waals surface area contributed by atoms with Crippen molar-refractivity contribution in [1.82, 2.24) is 4.98 Å². The van der Waals surface area contributed by atoms with Gasteiger partial charge in [-0.3, -0.25) is 4.98 Å². The largest absolute Gasteiger partial charge is 0.253 e. The van der Waals surface area contributed by atoms with E-state index in [4.69, 9.17) is 0 Å². The Hall–Kier alpha value is -1.19. The number of thiophene rings is 1. The van der Waals surface area contributed by atoms with Gasteiger partial charge in [0.15, 0.2) is 0 Å². The van der Waals surface area contributed by atoms with Crippen molar-refractivity contribution in [2.75, 3.05) is 0 Å². The molecule has 0 aliphatic heterocycles. The fourth-order valence-corrected chi connectivity index (χ4v) is 2.22. The quantitative estimate of drug-likeness (QED) is 0.556. The molecule has 0 saturated carbocycles. The summed E-state index contributed by atoms with van der Waals surface area (Å²) in [5.74, 6) is 0. The van der Waals surface area contributed by atoms with Gasteiger partial charge in [-0.1, -0.05) is 18.2 Å². The Kier molecular flexibility index (Phi) is 3.27. The van der Waals surface area contributed by atoms with Crippen molar-refractivity contribution >= 4 is 32.8 Å². The molecule has 14 heavy (non-hydrogen) atoms. The van der Waals surface area contributed by atoms with Crippen molar-refractivity contribution in [1.29, 1.82) is 0 Å². The van der Waals surface area contributed by atoms with E-state index in [1.165, 1.54) is 10.1 Å². The van der Waals surface area contributed by atoms with Crippen molar-refractivity contribution in [2.45, 2.75) is 0 Å². The molecule has 70 valence electrons. The molecule has 0 N–H and O–H groups in total. The first-order chi connectivity index (χ1) is 6.97. The molecule has 0 radical (unpaired) electrons. The molecule has 3 rings (SSSR count). The van der Waals surface area contributed by atoms with Crippen molar-refractivity contribution < 1.29 is 0 Å². The molecule has 0 amide bonds. The molecule has 0 spiro atoms. The van der Waals surface area contributed by atoms with E-state index in [2.05, 4.69) is 40.7 Å². The number of rotatable bonds is 0. The average Bonchev–Trinajstić information content (AvgIpc) is 2.92. The van der Waals surface area contributed by atoms with Crippen LogP contribution in [0, 0.1) is 0 Å².